The molecule has 1 aliphatic heterocycles. The van der Waals surface area contributed by atoms with Crippen molar-refractivity contribution in [2.45, 2.75) is 4.90 Å². The first-order chi connectivity index (χ1) is 12.9. The zero-order chi connectivity index (χ0) is 19.4. The van der Waals surface area contributed by atoms with Crippen LogP contribution in [0.1, 0.15) is 10.4 Å². The number of nitrogens with one attached hydrogen (secondary N) is 1. The SMILES string of the molecule is COc1ccccc1NS(=O)(=O)c1cccc(C(=O)N2CCN(C)CC2)c1. The van der Waals surface area contributed by atoms with Crippen molar-refractivity contribution >= 4 is 21.6 Å². The molecule has 1 fully saturated rings. The fourth-order valence-corrected chi connectivity index (χ4v) is 4.04. The number of carbonyl (C=O) groups is 1. The second-order valence-corrected chi connectivity index (χ2v) is 8.11. The van der Waals surface area contributed by atoms with Crippen LogP contribution in [-0.2, 0) is 10.0 Å². The first-order valence-corrected chi connectivity index (χ1v) is 10.1. The summed E-state index contributed by atoms with van der Waals surface area (Å²) in [6.45, 7) is 2.87. The van der Waals surface area contributed by atoms with Crippen LogP contribution in [-0.4, -0.2) is 64.5 Å². The van der Waals surface area contributed by atoms with E-state index >= 15 is 0 Å². The summed E-state index contributed by atoms with van der Waals surface area (Å²) in [5.41, 5.74) is 0.707. The molecule has 144 valence electrons. The molecule has 0 spiro atoms. The lowest BCUT2D eigenvalue weighted by atomic mass is 10.2. The van der Waals surface area contributed by atoms with Gasteiger partial charge in [-0.25, -0.2) is 8.42 Å². The predicted octanol–water partition coefficient (Wildman–Crippen LogP) is 1.88. The minimum atomic E-state index is -3.85. The highest BCUT2D eigenvalue weighted by Gasteiger charge is 2.23. The number of carbonyl (C=O) groups excluding carboxylic acids is 1. The van der Waals surface area contributed by atoms with Crippen molar-refractivity contribution in [3.8, 4) is 5.75 Å². The quantitative estimate of drug-likeness (QED) is 0.845. The Balaban J connectivity index is 1.82. The lowest BCUT2D eigenvalue weighted by molar-refractivity contribution is 0.0664. The molecule has 0 saturated carbocycles. The molecule has 0 aromatic heterocycles. The maximum absolute atomic E-state index is 12.8. The molecule has 0 bridgehead atoms. The molecule has 1 amide bonds. The largest absolute Gasteiger partial charge is 0.495 e. The average Bonchev–Trinajstić information content (AvgIpc) is 2.68. The van der Waals surface area contributed by atoms with Crippen LogP contribution in [0.25, 0.3) is 0 Å². The average molecular weight is 389 g/mol. The molecule has 1 aliphatic rings. The van der Waals surface area contributed by atoms with E-state index in [2.05, 4.69) is 9.62 Å². The van der Waals surface area contributed by atoms with Gasteiger partial charge in [-0.1, -0.05) is 18.2 Å². The molecule has 0 aliphatic carbocycles. The Morgan fingerprint density at radius 2 is 1.74 bits per heavy atom. The molecule has 2 aromatic carbocycles. The number of benzene rings is 2. The van der Waals surface area contributed by atoms with Gasteiger partial charge >= 0.3 is 0 Å². The van der Waals surface area contributed by atoms with Gasteiger partial charge in [0.25, 0.3) is 15.9 Å². The molecule has 2 aromatic rings. The Bertz CT molecular complexity index is 922. The van der Waals surface area contributed by atoms with Gasteiger partial charge in [0.2, 0.25) is 0 Å². The van der Waals surface area contributed by atoms with E-state index in [9.17, 15) is 13.2 Å². The predicted molar refractivity (Wildman–Crippen MR) is 104 cm³/mol. The number of sulfonamides is 1. The Morgan fingerprint density at radius 1 is 1.04 bits per heavy atom. The summed E-state index contributed by atoms with van der Waals surface area (Å²) in [5.74, 6) is 0.267. The third-order valence-electron chi connectivity index (χ3n) is 4.53. The van der Waals surface area contributed by atoms with Gasteiger partial charge in [0.05, 0.1) is 17.7 Å². The van der Waals surface area contributed by atoms with Crippen LogP contribution >= 0.6 is 0 Å². The van der Waals surface area contributed by atoms with Gasteiger partial charge < -0.3 is 14.5 Å². The summed E-state index contributed by atoms with van der Waals surface area (Å²) in [6.07, 6.45) is 0. The number of anilines is 1. The molecule has 1 N–H and O–H groups in total. The Morgan fingerprint density at radius 3 is 2.44 bits per heavy atom. The van der Waals surface area contributed by atoms with E-state index in [1.807, 2.05) is 7.05 Å². The van der Waals surface area contributed by atoms with E-state index in [1.54, 1.807) is 41.3 Å². The van der Waals surface area contributed by atoms with Gasteiger partial charge in [0.15, 0.2) is 0 Å². The second kappa shape index (κ2) is 7.98. The Hall–Kier alpha value is -2.58. The summed E-state index contributed by atoms with van der Waals surface area (Å²) in [4.78, 5) is 16.7. The van der Waals surface area contributed by atoms with Crippen LogP contribution in [0.3, 0.4) is 0 Å². The minimum Gasteiger partial charge on any atom is -0.495 e. The molecular formula is C19H23N3O4S. The fraction of sp³-hybridized carbons (Fsp3) is 0.316. The van der Waals surface area contributed by atoms with Crippen LogP contribution in [0, 0.1) is 0 Å². The van der Waals surface area contributed by atoms with Gasteiger partial charge in [0, 0.05) is 31.7 Å². The van der Waals surface area contributed by atoms with Crippen LogP contribution in [0.15, 0.2) is 53.4 Å². The summed E-state index contributed by atoms with van der Waals surface area (Å²) < 4.78 is 33.2. The van der Waals surface area contributed by atoms with Crippen molar-refractivity contribution in [1.82, 2.24) is 9.80 Å². The maximum atomic E-state index is 12.8. The fourth-order valence-electron chi connectivity index (χ4n) is 2.92. The molecule has 7 nitrogen and oxygen atoms in total. The Labute approximate surface area is 159 Å². The smallest absolute Gasteiger partial charge is 0.262 e. The van der Waals surface area contributed by atoms with Crippen molar-refractivity contribution in [2.24, 2.45) is 0 Å². The number of hydrogen-bond donors (Lipinski definition) is 1. The van der Waals surface area contributed by atoms with Crippen molar-refractivity contribution in [2.75, 3.05) is 45.1 Å². The number of nitrogens with zero attached hydrogens (tertiary/aromatic N) is 2. The molecule has 1 saturated heterocycles. The first kappa shape index (κ1) is 19.2. The molecule has 3 rings (SSSR count). The van der Waals surface area contributed by atoms with Crippen molar-refractivity contribution in [3.63, 3.8) is 0 Å². The van der Waals surface area contributed by atoms with Gasteiger partial charge in [0.1, 0.15) is 5.75 Å². The molecule has 1 heterocycles. The van der Waals surface area contributed by atoms with E-state index in [-0.39, 0.29) is 10.8 Å². The molecular weight excluding hydrogens is 366 g/mol. The highest BCUT2D eigenvalue weighted by atomic mass is 32.2. The summed E-state index contributed by atoms with van der Waals surface area (Å²) in [5, 5.41) is 0. The number of methoxy groups -OCH3 is 1. The zero-order valence-corrected chi connectivity index (χ0v) is 16.2. The lowest BCUT2D eigenvalue weighted by Crippen LogP contribution is -2.47. The molecule has 27 heavy (non-hydrogen) atoms. The van der Waals surface area contributed by atoms with Crippen molar-refractivity contribution in [3.05, 3.63) is 54.1 Å². The maximum Gasteiger partial charge on any atom is 0.262 e. The van der Waals surface area contributed by atoms with Crippen molar-refractivity contribution < 1.29 is 17.9 Å². The van der Waals surface area contributed by atoms with E-state index in [0.29, 0.717) is 30.1 Å². The Kier molecular flexibility index (Phi) is 5.67. The van der Waals surface area contributed by atoms with Crippen LogP contribution in [0.4, 0.5) is 5.69 Å². The lowest BCUT2D eigenvalue weighted by Gasteiger charge is -2.32. The molecule has 0 unspecified atom stereocenters. The van der Waals surface area contributed by atoms with E-state index in [0.717, 1.165) is 13.1 Å². The third-order valence-corrected chi connectivity index (χ3v) is 5.90. The molecule has 0 radical (unpaired) electrons. The standard InChI is InChI=1S/C19H23N3O4S/c1-21-10-12-22(13-11-21)19(23)15-6-5-7-16(14-15)27(24,25)20-17-8-3-4-9-18(17)26-2/h3-9,14,20H,10-13H2,1-2H3. The monoisotopic (exact) mass is 389 g/mol. The van der Waals surface area contributed by atoms with Gasteiger partial charge in [-0.15, -0.1) is 0 Å². The summed E-state index contributed by atoms with van der Waals surface area (Å²) >= 11 is 0. The van der Waals surface area contributed by atoms with E-state index in [4.69, 9.17) is 4.74 Å². The molecule has 0 atom stereocenters. The van der Waals surface area contributed by atoms with Crippen LogP contribution < -0.4 is 9.46 Å². The minimum absolute atomic E-state index is 0.0355. The number of piperazine rings is 1. The van der Waals surface area contributed by atoms with Crippen LogP contribution in [0.2, 0.25) is 0 Å². The van der Waals surface area contributed by atoms with Crippen LogP contribution in [0.5, 0.6) is 5.75 Å². The van der Waals surface area contributed by atoms with Gasteiger partial charge in [-0.3, -0.25) is 9.52 Å². The normalized spacial score (nSPS) is 15.4. The number of likely N-dealkylation sites (N-methyl/N-ethyl adjacent to an activating group) is 1. The van der Waals surface area contributed by atoms with Crippen molar-refractivity contribution in [1.29, 1.82) is 0 Å². The van der Waals surface area contributed by atoms with E-state index in [1.165, 1.54) is 19.2 Å². The van der Waals surface area contributed by atoms with Gasteiger partial charge in [-0.2, -0.15) is 0 Å². The summed E-state index contributed by atoms with van der Waals surface area (Å²) in [6, 6.07) is 12.9. The second-order valence-electron chi connectivity index (χ2n) is 6.43. The highest BCUT2D eigenvalue weighted by molar-refractivity contribution is 7.92. The molecule has 8 heteroatoms. The summed E-state index contributed by atoms with van der Waals surface area (Å²) in [7, 11) is -0.363. The zero-order valence-electron chi connectivity index (χ0n) is 15.4. The van der Waals surface area contributed by atoms with E-state index < -0.39 is 10.0 Å². The highest BCUT2D eigenvalue weighted by Crippen LogP contribution is 2.26. The number of ether oxygens (including phenoxy) is 1. The number of rotatable bonds is 5. The van der Waals surface area contributed by atoms with Gasteiger partial charge in [-0.05, 0) is 37.4 Å². The first-order valence-electron chi connectivity index (χ1n) is 8.64. The number of hydrogen-bond acceptors (Lipinski definition) is 5. The topological polar surface area (TPSA) is 78.9 Å². The number of amides is 1. The third kappa shape index (κ3) is 4.40. The number of para-hydroxylation sites is 2.